The minimum Gasteiger partial charge on any atom is -0.481 e. The van der Waals surface area contributed by atoms with Crippen LogP contribution in [-0.2, 0) is 21.1 Å². The summed E-state index contributed by atoms with van der Waals surface area (Å²) in [5.41, 5.74) is 0.856. The number of hydrogen-bond donors (Lipinski definition) is 1. The smallest absolute Gasteiger partial charge is 0.308 e. The summed E-state index contributed by atoms with van der Waals surface area (Å²) in [5, 5.41) is 11.6. The first-order valence-corrected chi connectivity index (χ1v) is 9.27. The Hall–Kier alpha value is -1.88. The van der Waals surface area contributed by atoms with Crippen molar-refractivity contribution in [3.8, 4) is 0 Å². The maximum absolute atomic E-state index is 12.4. The molecule has 0 aliphatic heterocycles. The number of benzene rings is 2. The molecule has 1 unspecified atom stereocenters. The monoisotopic (exact) mass is 334 g/mol. The molecule has 23 heavy (non-hydrogen) atoms. The number of carboxylic acid groups (broad SMARTS) is 1. The quantitative estimate of drug-likeness (QED) is 0.880. The molecule has 0 aliphatic rings. The van der Waals surface area contributed by atoms with E-state index < -0.39 is 26.5 Å². The van der Waals surface area contributed by atoms with E-state index >= 15 is 0 Å². The highest BCUT2D eigenvalue weighted by Gasteiger charge is 2.44. The zero-order valence-electron chi connectivity index (χ0n) is 13.6. The zero-order chi connectivity index (χ0) is 17.3. The molecular weight excluding hydrogens is 312 g/mol. The van der Waals surface area contributed by atoms with Crippen molar-refractivity contribution in [2.45, 2.75) is 31.9 Å². The molecule has 0 spiro atoms. The fourth-order valence-corrected chi connectivity index (χ4v) is 4.27. The van der Waals surface area contributed by atoms with Crippen LogP contribution < -0.4 is 0 Å². The highest BCUT2D eigenvalue weighted by molar-refractivity contribution is 7.92. The molecular formula is C18H22O4S. The van der Waals surface area contributed by atoms with Crippen molar-refractivity contribution < 1.29 is 18.3 Å². The third-order valence-corrected chi connectivity index (χ3v) is 7.27. The summed E-state index contributed by atoms with van der Waals surface area (Å²) in [4.78, 5) is 11.8. The number of rotatable bonds is 6. The number of aliphatic carboxylic acids is 1. The second-order valence-electron chi connectivity index (χ2n) is 6.24. The number of sulfone groups is 1. The molecule has 0 aliphatic carbocycles. The molecule has 5 heteroatoms. The van der Waals surface area contributed by atoms with Gasteiger partial charge < -0.3 is 5.11 Å². The fraction of sp³-hybridized carbons (Fsp3) is 0.389. The molecule has 0 bridgehead atoms. The molecule has 0 fully saturated rings. The molecule has 4 nitrogen and oxygen atoms in total. The lowest BCUT2D eigenvalue weighted by Gasteiger charge is -2.31. The van der Waals surface area contributed by atoms with E-state index in [9.17, 15) is 18.3 Å². The van der Waals surface area contributed by atoms with Crippen LogP contribution in [0.5, 0.6) is 0 Å². The van der Waals surface area contributed by atoms with Gasteiger partial charge in [-0.25, -0.2) is 8.42 Å². The summed E-state index contributed by atoms with van der Waals surface area (Å²) < 4.78 is 23.4. The summed E-state index contributed by atoms with van der Waals surface area (Å²) in [7, 11) is -3.50. The molecule has 0 aromatic heterocycles. The average molecular weight is 334 g/mol. The van der Waals surface area contributed by atoms with Crippen LogP contribution >= 0.6 is 0 Å². The standard InChI is InChI=1S/C18H22O4S/c1-4-23(21,22)18(2,3)16(17(19)20)12-14-10-7-9-13-8-5-6-11-15(13)14/h5-11,16H,4,12H2,1-3H3,(H,19,20). The lowest BCUT2D eigenvalue weighted by molar-refractivity contribution is -0.142. The summed E-state index contributed by atoms with van der Waals surface area (Å²) in [5.74, 6) is -2.16. The van der Waals surface area contributed by atoms with Crippen molar-refractivity contribution in [2.24, 2.45) is 5.92 Å². The molecule has 2 rings (SSSR count). The first-order valence-electron chi connectivity index (χ1n) is 7.62. The molecule has 1 atom stereocenters. The topological polar surface area (TPSA) is 71.4 Å². The van der Waals surface area contributed by atoms with Gasteiger partial charge in [0.05, 0.1) is 10.7 Å². The number of fused-ring (bicyclic) bond motifs is 1. The van der Waals surface area contributed by atoms with Crippen LogP contribution in [0.15, 0.2) is 42.5 Å². The van der Waals surface area contributed by atoms with Crippen LogP contribution in [0.3, 0.4) is 0 Å². The van der Waals surface area contributed by atoms with E-state index in [1.807, 2.05) is 42.5 Å². The highest BCUT2D eigenvalue weighted by Crippen LogP contribution is 2.32. The molecule has 2 aromatic rings. The molecule has 1 N–H and O–H groups in total. The van der Waals surface area contributed by atoms with Gasteiger partial charge in [0.2, 0.25) is 0 Å². The normalized spacial score (nSPS) is 13.9. The Kier molecular flexibility index (Phi) is 4.80. The van der Waals surface area contributed by atoms with Gasteiger partial charge in [0.25, 0.3) is 0 Å². The van der Waals surface area contributed by atoms with Gasteiger partial charge in [-0.15, -0.1) is 0 Å². The Balaban J connectivity index is 2.50. The first-order chi connectivity index (χ1) is 10.7. The van der Waals surface area contributed by atoms with Crippen LogP contribution in [0.1, 0.15) is 26.3 Å². The second-order valence-corrected chi connectivity index (χ2v) is 9.10. The van der Waals surface area contributed by atoms with Gasteiger partial charge in [-0.2, -0.15) is 0 Å². The van der Waals surface area contributed by atoms with E-state index in [0.717, 1.165) is 16.3 Å². The summed E-state index contributed by atoms with van der Waals surface area (Å²) in [6.07, 6.45) is 0.183. The van der Waals surface area contributed by atoms with Crippen LogP contribution in [0.4, 0.5) is 0 Å². The SMILES string of the molecule is CCS(=O)(=O)C(C)(C)C(Cc1cccc2ccccc12)C(=O)O. The van der Waals surface area contributed by atoms with Crippen molar-refractivity contribution in [3.05, 3.63) is 48.0 Å². The van der Waals surface area contributed by atoms with Gasteiger partial charge in [-0.1, -0.05) is 49.4 Å². The van der Waals surface area contributed by atoms with Gasteiger partial charge in [0.15, 0.2) is 9.84 Å². The number of hydrogen-bond acceptors (Lipinski definition) is 3. The molecule has 124 valence electrons. The predicted octanol–water partition coefficient (Wildman–Crippen LogP) is 3.30. The Labute approximate surface area is 137 Å². The van der Waals surface area contributed by atoms with Crippen molar-refractivity contribution in [3.63, 3.8) is 0 Å². The van der Waals surface area contributed by atoms with Gasteiger partial charge in [0.1, 0.15) is 0 Å². The maximum atomic E-state index is 12.4. The van der Waals surface area contributed by atoms with Crippen LogP contribution in [0.25, 0.3) is 10.8 Å². The van der Waals surface area contributed by atoms with E-state index in [4.69, 9.17) is 0 Å². The van der Waals surface area contributed by atoms with E-state index in [2.05, 4.69) is 0 Å². The molecule has 2 aromatic carbocycles. The van der Waals surface area contributed by atoms with E-state index in [1.165, 1.54) is 13.8 Å². The average Bonchev–Trinajstić information content (AvgIpc) is 2.51. The Morgan fingerprint density at radius 1 is 1.13 bits per heavy atom. The third kappa shape index (κ3) is 3.24. The summed E-state index contributed by atoms with van der Waals surface area (Å²) in [6.45, 7) is 4.57. The van der Waals surface area contributed by atoms with Crippen molar-refractivity contribution in [1.82, 2.24) is 0 Å². The first kappa shape index (κ1) is 17.5. The maximum Gasteiger partial charge on any atom is 0.308 e. The minimum atomic E-state index is -3.50. The minimum absolute atomic E-state index is 0.0701. The van der Waals surface area contributed by atoms with Crippen LogP contribution in [-0.4, -0.2) is 30.0 Å². The Bertz CT molecular complexity index is 817. The Morgan fingerprint density at radius 3 is 2.35 bits per heavy atom. The predicted molar refractivity (Wildman–Crippen MR) is 92.3 cm³/mol. The fourth-order valence-electron chi connectivity index (χ4n) is 2.91. The van der Waals surface area contributed by atoms with E-state index in [-0.39, 0.29) is 12.2 Å². The molecule has 0 radical (unpaired) electrons. The second kappa shape index (κ2) is 6.32. The largest absolute Gasteiger partial charge is 0.481 e. The molecule has 0 heterocycles. The van der Waals surface area contributed by atoms with E-state index in [1.54, 1.807) is 6.92 Å². The van der Waals surface area contributed by atoms with Crippen LogP contribution in [0, 0.1) is 5.92 Å². The number of carboxylic acids is 1. The van der Waals surface area contributed by atoms with Crippen molar-refractivity contribution >= 4 is 26.6 Å². The molecule has 0 saturated carbocycles. The van der Waals surface area contributed by atoms with Gasteiger partial charge >= 0.3 is 5.97 Å². The van der Waals surface area contributed by atoms with Gasteiger partial charge in [-0.05, 0) is 36.6 Å². The lowest BCUT2D eigenvalue weighted by atomic mass is 9.87. The zero-order valence-corrected chi connectivity index (χ0v) is 14.4. The Morgan fingerprint density at radius 2 is 1.74 bits per heavy atom. The molecule has 0 saturated heterocycles. The lowest BCUT2D eigenvalue weighted by Crippen LogP contribution is -2.45. The van der Waals surface area contributed by atoms with E-state index in [0.29, 0.717) is 0 Å². The third-order valence-electron chi connectivity index (χ3n) is 4.62. The highest BCUT2D eigenvalue weighted by atomic mass is 32.2. The van der Waals surface area contributed by atoms with Crippen molar-refractivity contribution in [2.75, 3.05) is 5.75 Å². The van der Waals surface area contributed by atoms with Crippen molar-refractivity contribution in [1.29, 1.82) is 0 Å². The van der Waals surface area contributed by atoms with Gasteiger partial charge in [-0.3, -0.25) is 4.79 Å². The summed E-state index contributed by atoms with van der Waals surface area (Å²) >= 11 is 0. The molecule has 0 amide bonds. The van der Waals surface area contributed by atoms with Crippen LogP contribution in [0.2, 0.25) is 0 Å². The summed E-state index contributed by atoms with van der Waals surface area (Å²) in [6, 6.07) is 13.4. The number of carbonyl (C=O) groups is 1. The van der Waals surface area contributed by atoms with Gasteiger partial charge in [0, 0.05) is 5.75 Å².